The number of rotatable bonds is 7. The molecule has 2 aromatic carbocycles. The highest BCUT2D eigenvalue weighted by atomic mass is 32.2. The van der Waals surface area contributed by atoms with Crippen molar-refractivity contribution in [3.05, 3.63) is 54.1 Å². The van der Waals surface area contributed by atoms with Gasteiger partial charge in [-0.2, -0.15) is 17.5 Å². The van der Waals surface area contributed by atoms with Crippen molar-refractivity contribution in [2.75, 3.05) is 48.7 Å². The molecule has 0 bridgehead atoms. The van der Waals surface area contributed by atoms with Crippen LogP contribution < -0.4 is 9.62 Å². The third kappa shape index (κ3) is 6.25. The first-order valence-corrected chi connectivity index (χ1v) is 13.2. The van der Waals surface area contributed by atoms with Crippen molar-refractivity contribution in [3.63, 3.8) is 0 Å². The Bertz CT molecular complexity index is 1240. The van der Waals surface area contributed by atoms with Crippen molar-refractivity contribution in [2.45, 2.75) is 11.1 Å². The molecule has 1 aliphatic heterocycles. The summed E-state index contributed by atoms with van der Waals surface area (Å²) in [5, 5.41) is 2.42. The van der Waals surface area contributed by atoms with Crippen LogP contribution in [0.1, 0.15) is 5.56 Å². The van der Waals surface area contributed by atoms with Crippen LogP contribution >= 0.6 is 0 Å². The highest BCUT2D eigenvalue weighted by Crippen LogP contribution is 2.32. The number of amides is 1. The van der Waals surface area contributed by atoms with E-state index in [1.807, 2.05) is 0 Å². The van der Waals surface area contributed by atoms with Crippen LogP contribution in [-0.2, 0) is 35.8 Å². The normalized spacial score (nSPS) is 15.6. The SMILES string of the molecule is CS(=O)(=O)N(CC(=O)Nc1ccc(S(=O)(=O)N2CCOCC2)cc1)c1cccc(C(F)(F)F)c1. The molecule has 0 saturated carbocycles. The molecule has 0 aliphatic carbocycles. The average molecular weight is 522 g/mol. The number of sulfonamides is 2. The first-order chi connectivity index (χ1) is 15.8. The number of nitrogens with one attached hydrogen (secondary N) is 1. The maximum Gasteiger partial charge on any atom is 0.416 e. The van der Waals surface area contributed by atoms with E-state index in [-0.39, 0.29) is 42.6 Å². The van der Waals surface area contributed by atoms with E-state index in [9.17, 15) is 34.8 Å². The minimum Gasteiger partial charge on any atom is -0.379 e. The number of halogens is 3. The van der Waals surface area contributed by atoms with Crippen molar-refractivity contribution >= 4 is 37.3 Å². The fourth-order valence-electron chi connectivity index (χ4n) is 3.21. The number of hydrogen-bond donors (Lipinski definition) is 1. The minimum atomic E-state index is -4.69. The molecule has 0 radical (unpaired) electrons. The van der Waals surface area contributed by atoms with Crippen molar-refractivity contribution in [1.82, 2.24) is 4.31 Å². The third-order valence-corrected chi connectivity index (χ3v) is 7.95. The molecule has 1 N–H and O–H groups in total. The van der Waals surface area contributed by atoms with Crippen LogP contribution in [-0.4, -0.2) is 66.2 Å². The van der Waals surface area contributed by atoms with E-state index < -0.39 is 44.2 Å². The second-order valence-corrected chi connectivity index (χ2v) is 11.3. The molecule has 0 aromatic heterocycles. The van der Waals surface area contributed by atoms with Gasteiger partial charge in [-0.25, -0.2) is 16.8 Å². The lowest BCUT2D eigenvalue weighted by Crippen LogP contribution is -2.40. The van der Waals surface area contributed by atoms with Gasteiger partial charge >= 0.3 is 6.18 Å². The van der Waals surface area contributed by atoms with Gasteiger partial charge in [0.1, 0.15) is 6.54 Å². The third-order valence-electron chi connectivity index (χ3n) is 4.89. The number of morpholine rings is 1. The molecule has 1 amide bonds. The van der Waals surface area contributed by atoms with Crippen LogP contribution in [0.15, 0.2) is 53.4 Å². The van der Waals surface area contributed by atoms with Gasteiger partial charge in [0.2, 0.25) is 26.0 Å². The fraction of sp³-hybridized carbons (Fsp3) is 0.350. The van der Waals surface area contributed by atoms with Crippen LogP contribution in [0.3, 0.4) is 0 Å². The van der Waals surface area contributed by atoms with Gasteiger partial charge < -0.3 is 10.1 Å². The average Bonchev–Trinajstić information content (AvgIpc) is 2.77. The second-order valence-electron chi connectivity index (χ2n) is 7.41. The lowest BCUT2D eigenvalue weighted by atomic mass is 10.2. The number of anilines is 2. The van der Waals surface area contributed by atoms with Crippen LogP contribution in [0.25, 0.3) is 0 Å². The van der Waals surface area contributed by atoms with Crippen molar-refractivity contribution in [2.24, 2.45) is 0 Å². The van der Waals surface area contributed by atoms with Gasteiger partial charge in [-0.05, 0) is 42.5 Å². The van der Waals surface area contributed by atoms with E-state index in [0.717, 1.165) is 24.5 Å². The van der Waals surface area contributed by atoms with Crippen molar-refractivity contribution < 1.29 is 39.5 Å². The smallest absolute Gasteiger partial charge is 0.379 e. The summed E-state index contributed by atoms with van der Waals surface area (Å²) in [5.74, 6) is -0.827. The standard InChI is InChI=1S/C20H22F3N3O6S2/c1-33(28,29)26(17-4-2-3-15(13-17)20(21,22)23)14-19(27)24-16-5-7-18(8-6-16)34(30,31)25-9-11-32-12-10-25/h2-8,13H,9-12,14H2,1H3,(H,24,27). The summed E-state index contributed by atoms with van der Waals surface area (Å²) in [5.41, 5.74) is -1.20. The van der Waals surface area contributed by atoms with E-state index in [1.165, 1.54) is 28.6 Å². The molecule has 1 heterocycles. The second kappa shape index (κ2) is 9.90. The summed E-state index contributed by atoms with van der Waals surface area (Å²) < 4.78 is 95.7. The molecule has 3 rings (SSSR count). The molecular formula is C20H22F3N3O6S2. The number of hydrogen-bond acceptors (Lipinski definition) is 6. The summed E-state index contributed by atoms with van der Waals surface area (Å²) in [6.45, 7) is 0.232. The Morgan fingerprint density at radius 1 is 1.06 bits per heavy atom. The molecule has 1 aliphatic rings. The van der Waals surface area contributed by atoms with E-state index in [4.69, 9.17) is 4.74 Å². The Morgan fingerprint density at radius 3 is 2.24 bits per heavy atom. The highest BCUT2D eigenvalue weighted by molar-refractivity contribution is 7.92. The lowest BCUT2D eigenvalue weighted by molar-refractivity contribution is -0.137. The Morgan fingerprint density at radius 2 is 1.68 bits per heavy atom. The van der Waals surface area contributed by atoms with Gasteiger partial charge in [-0.3, -0.25) is 9.10 Å². The molecule has 1 saturated heterocycles. The van der Waals surface area contributed by atoms with Crippen molar-refractivity contribution in [1.29, 1.82) is 0 Å². The number of alkyl halides is 3. The number of nitrogens with zero attached hydrogens (tertiary/aromatic N) is 2. The minimum absolute atomic E-state index is 0.00845. The van der Waals surface area contributed by atoms with Gasteiger partial charge in [0, 0.05) is 18.8 Å². The predicted molar refractivity (Wildman–Crippen MR) is 118 cm³/mol. The molecule has 14 heteroatoms. The molecule has 2 aromatic rings. The predicted octanol–water partition coefficient (Wildman–Crippen LogP) is 2.13. The summed E-state index contributed by atoms with van der Waals surface area (Å²) in [6.07, 6.45) is -3.92. The Kier molecular flexibility index (Phi) is 7.55. The number of benzene rings is 2. The molecule has 0 spiro atoms. The van der Waals surface area contributed by atoms with E-state index in [0.29, 0.717) is 10.4 Å². The van der Waals surface area contributed by atoms with Crippen LogP contribution in [0, 0.1) is 0 Å². The molecule has 0 unspecified atom stereocenters. The quantitative estimate of drug-likeness (QED) is 0.598. The van der Waals surface area contributed by atoms with E-state index in [1.54, 1.807) is 0 Å². The number of ether oxygens (including phenoxy) is 1. The zero-order valence-corrected chi connectivity index (χ0v) is 19.6. The van der Waals surface area contributed by atoms with Gasteiger partial charge in [0.15, 0.2) is 0 Å². The topological polar surface area (TPSA) is 113 Å². The summed E-state index contributed by atoms with van der Waals surface area (Å²) in [7, 11) is -7.83. The first-order valence-electron chi connectivity index (χ1n) is 9.91. The van der Waals surface area contributed by atoms with Crippen molar-refractivity contribution in [3.8, 4) is 0 Å². The molecule has 1 fully saturated rings. The summed E-state index contributed by atoms with van der Waals surface area (Å²) >= 11 is 0. The first kappa shape index (κ1) is 25.9. The monoisotopic (exact) mass is 521 g/mol. The lowest BCUT2D eigenvalue weighted by Gasteiger charge is -2.26. The molecular weight excluding hydrogens is 499 g/mol. The number of carbonyl (C=O) groups is 1. The Labute approximate surface area is 195 Å². The molecule has 34 heavy (non-hydrogen) atoms. The maximum absolute atomic E-state index is 13.0. The Hall–Kier alpha value is -2.68. The maximum atomic E-state index is 13.0. The number of carbonyl (C=O) groups excluding carboxylic acids is 1. The van der Waals surface area contributed by atoms with E-state index in [2.05, 4.69) is 5.32 Å². The van der Waals surface area contributed by atoms with Gasteiger partial charge in [-0.1, -0.05) is 6.07 Å². The molecule has 186 valence electrons. The molecule has 0 atom stereocenters. The zero-order valence-electron chi connectivity index (χ0n) is 17.9. The fourth-order valence-corrected chi connectivity index (χ4v) is 5.47. The van der Waals surface area contributed by atoms with Gasteiger partial charge in [-0.15, -0.1) is 0 Å². The van der Waals surface area contributed by atoms with Crippen LogP contribution in [0.2, 0.25) is 0 Å². The van der Waals surface area contributed by atoms with Crippen LogP contribution in [0.5, 0.6) is 0 Å². The summed E-state index contributed by atoms with van der Waals surface area (Å²) in [4.78, 5) is 12.5. The van der Waals surface area contributed by atoms with Crippen LogP contribution in [0.4, 0.5) is 24.5 Å². The highest BCUT2D eigenvalue weighted by Gasteiger charge is 2.32. The largest absolute Gasteiger partial charge is 0.416 e. The molecule has 9 nitrogen and oxygen atoms in total. The summed E-state index contributed by atoms with van der Waals surface area (Å²) in [6, 6.07) is 8.87. The van der Waals surface area contributed by atoms with Gasteiger partial charge in [0.05, 0.1) is 35.6 Å². The zero-order chi connectivity index (χ0) is 25.1. The van der Waals surface area contributed by atoms with E-state index >= 15 is 0 Å². The van der Waals surface area contributed by atoms with Gasteiger partial charge in [0.25, 0.3) is 0 Å². The Balaban J connectivity index is 1.74.